The molecule has 0 N–H and O–H groups in total. The van der Waals surface area contributed by atoms with Crippen LogP contribution in [0.25, 0.3) is 0 Å². The number of hydrogen-bond acceptors (Lipinski definition) is 5. The lowest BCUT2D eigenvalue weighted by Crippen LogP contribution is -2.38. The number of alkyl halides is 3. The van der Waals surface area contributed by atoms with Crippen molar-refractivity contribution in [1.29, 1.82) is 0 Å². The Morgan fingerprint density at radius 1 is 1.24 bits per heavy atom. The molecule has 1 aromatic carbocycles. The van der Waals surface area contributed by atoms with Crippen molar-refractivity contribution in [1.82, 2.24) is 14.8 Å². The summed E-state index contributed by atoms with van der Waals surface area (Å²) in [6.07, 6.45) is 4.66. The number of rotatable bonds is 4. The Hall–Kier alpha value is -2.10. The summed E-state index contributed by atoms with van der Waals surface area (Å²) in [6.45, 7) is 1.56. The van der Waals surface area contributed by atoms with Gasteiger partial charge in [-0.15, -0.1) is 0 Å². The van der Waals surface area contributed by atoms with Crippen LogP contribution < -0.4 is 4.90 Å². The summed E-state index contributed by atoms with van der Waals surface area (Å²) in [5.41, 5.74) is -5.22. The number of benzene rings is 1. The van der Waals surface area contributed by atoms with Crippen LogP contribution in [0, 0.1) is 5.92 Å². The number of aromatic nitrogens is 3. The number of sulfone groups is 1. The third kappa shape index (κ3) is 3.63. The molecule has 0 spiro atoms. The number of para-hydroxylation sites is 1. The molecule has 0 bridgehead atoms. The maximum absolute atomic E-state index is 13.0. The average Bonchev–Trinajstić information content (AvgIpc) is 3.07. The van der Waals surface area contributed by atoms with Crippen molar-refractivity contribution in [2.24, 2.45) is 5.92 Å². The van der Waals surface area contributed by atoms with E-state index < -0.39 is 20.2 Å². The van der Waals surface area contributed by atoms with E-state index in [9.17, 15) is 21.6 Å². The van der Waals surface area contributed by atoms with E-state index in [1.165, 1.54) is 18.5 Å². The first-order valence-corrected chi connectivity index (χ1v) is 9.25. The summed E-state index contributed by atoms with van der Waals surface area (Å²) < 4.78 is 64.3. The molecular weight excluding hydrogens is 357 g/mol. The molecule has 1 aliphatic heterocycles. The van der Waals surface area contributed by atoms with E-state index in [0.717, 1.165) is 18.9 Å². The second-order valence-corrected chi connectivity index (χ2v) is 7.90. The van der Waals surface area contributed by atoms with E-state index in [1.54, 1.807) is 22.0 Å². The van der Waals surface area contributed by atoms with Crippen LogP contribution in [0.1, 0.15) is 12.8 Å². The Labute approximate surface area is 143 Å². The van der Waals surface area contributed by atoms with E-state index in [0.29, 0.717) is 19.6 Å². The van der Waals surface area contributed by atoms with Crippen LogP contribution in [-0.4, -0.2) is 41.8 Å². The molecule has 10 heteroatoms. The van der Waals surface area contributed by atoms with Crippen LogP contribution in [-0.2, 0) is 16.4 Å². The zero-order chi connectivity index (χ0) is 18.1. The highest BCUT2D eigenvalue weighted by Crippen LogP contribution is 2.37. The standard InChI is InChI=1S/C15H17F3N4O2S/c16-15(17,18)25(23,24)14-6-2-1-5-13(14)21-7-3-4-12(8-21)9-22-11-19-10-20-22/h1-2,5-6,10-12H,3-4,7-9H2. The van der Waals surface area contributed by atoms with E-state index in [1.807, 2.05) is 0 Å². The fourth-order valence-electron chi connectivity index (χ4n) is 3.09. The number of anilines is 1. The van der Waals surface area contributed by atoms with Gasteiger partial charge in [0.1, 0.15) is 12.7 Å². The predicted octanol–water partition coefficient (Wildman–Crippen LogP) is 2.49. The van der Waals surface area contributed by atoms with E-state index in [-0.39, 0.29) is 11.6 Å². The van der Waals surface area contributed by atoms with Crippen molar-refractivity contribution in [3.05, 3.63) is 36.9 Å². The topological polar surface area (TPSA) is 68.1 Å². The van der Waals surface area contributed by atoms with Crippen molar-refractivity contribution >= 4 is 15.5 Å². The molecular formula is C15H17F3N4O2S. The molecule has 25 heavy (non-hydrogen) atoms. The van der Waals surface area contributed by atoms with Crippen LogP contribution in [0.15, 0.2) is 41.8 Å². The van der Waals surface area contributed by atoms with Gasteiger partial charge in [0.2, 0.25) is 0 Å². The normalized spacial score (nSPS) is 19.2. The molecule has 1 saturated heterocycles. The van der Waals surface area contributed by atoms with Gasteiger partial charge in [-0.1, -0.05) is 12.1 Å². The lowest BCUT2D eigenvalue weighted by Gasteiger charge is -2.35. The Morgan fingerprint density at radius 2 is 2.00 bits per heavy atom. The van der Waals surface area contributed by atoms with Gasteiger partial charge in [0.15, 0.2) is 0 Å². The fraction of sp³-hybridized carbons (Fsp3) is 0.467. The van der Waals surface area contributed by atoms with Crippen LogP contribution in [0.2, 0.25) is 0 Å². The lowest BCUT2D eigenvalue weighted by atomic mass is 9.97. The zero-order valence-electron chi connectivity index (χ0n) is 13.2. The van der Waals surface area contributed by atoms with Crippen molar-refractivity contribution in [2.45, 2.75) is 29.8 Å². The van der Waals surface area contributed by atoms with E-state index in [4.69, 9.17) is 0 Å². The molecule has 0 amide bonds. The first-order valence-electron chi connectivity index (χ1n) is 7.77. The highest BCUT2D eigenvalue weighted by Gasteiger charge is 2.48. The highest BCUT2D eigenvalue weighted by atomic mass is 32.2. The fourth-order valence-corrected chi connectivity index (χ4v) is 4.07. The number of hydrogen-bond donors (Lipinski definition) is 0. The number of piperidine rings is 1. The Bertz CT molecular complexity index is 822. The van der Waals surface area contributed by atoms with Gasteiger partial charge in [-0.25, -0.2) is 13.4 Å². The second kappa shape index (κ2) is 6.66. The van der Waals surface area contributed by atoms with Gasteiger partial charge < -0.3 is 4.90 Å². The van der Waals surface area contributed by atoms with Gasteiger partial charge in [0, 0.05) is 19.6 Å². The SMILES string of the molecule is O=S(=O)(c1ccccc1N1CCCC(Cn2cncn2)C1)C(F)(F)F. The summed E-state index contributed by atoms with van der Waals surface area (Å²) in [5, 5.41) is 4.04. The molecule has 1 atom stereocenters. The monoisotopic (exact) mass is 374 g/mol. The molecule has 1 aliphatic rings. The maximum Gasteiger partial charge on any atom is 0.501 e. The molecule has 1 aromatic heterocycles. The first-order chi connectivity index (χ1) is 11.8. The number of halogens is 3. The Balaban J connectivity index is 1.87. The Morgan fingerprint density at radius 3 is 2.68 bits per heavy atom. The third-order valence-electron chi connectivity index (χ3n) is 4.23. The van der Waals surface area contributed by atoms with Crippen molar-refractivity contribution < 1.29 is 21.6 Å². The van der Waals surface area contributed by atoms with Gasteiger partial charge in [-0.2, -0.15) is 18.3 Å². The lowest BCUT2D eigenvalue weighted by molar-refractivity contribution is -0.0435. The summed E-state index contributed by atoms with van der Waals surface area (Å²) >= 11 is 0. The molecule has 3 rings (SSSR count). The smallest absolute Gasteiger partial charge is 0.370 e. The van der Waals surface area contributed by atoms with Crippen molar-refractivity contribution in [3.63, 3.8) is 0 Å². The maximum atomic E-state index is 13.0. The van der Waals surface area contributed by atoms with Crippen LogP contribution in [0.5, 0.6) is 0 Å². The van der Waals surface area contributed by atoms with Gasteiger partial charge in [0.05, 0.1) is 10.6 Å². The minimum Gasteiger partial charge on any atom is -0.370 e. The van der Waals surface area contributed by atoms with Crippen molar-refractivity contribution in [2.75, 3.05) is 18.0 Å². The minimum absolute atomic E-state index is 0.100. The summed E-state index contributed by atoms with van der Waals surface area (Å²) in [4.78, 5) is 4.89. The van der Waals surface area contributed by atoms with Crippen LogP contribution in [0.3, 0.4) is 0 Å². The highest BCUT2D eigenvalue weighted by molar-refractivity contribution is 7.92. The third-order valence-corrected chi connectivity index (χ3v) is 5.76. The Kier molecular flexibility index (Phi) is 4.72. The first kappa shape index (κ1) is 17.7. The molecule has 6 nitrogen and oxygen atoms in total. The quantitative estimate of drug-likeness (QED) is 0.823. The molecule has 1 unspecified atom stereocenters. The van der Waals surface area contributed by atoms with Gasteiger partial charge in [0.25, 0.3) is 9.84 Å². The van der Waals surface area contributed by atoms with E-state index >= 15 is 0 Å². The van der Waals surface area contributed by atoms with Gasteiger partial charge in [-0.3, -0.25) is 4.68 Å². The summed E-state index contributed by atoms with van der Waals surface area (Å²) in [7, 11) is -5.39. The van der Waals surface area contributed by atoms with Gasteiger partial charge in [-0.05, 0) is 30.9 Å². The van der Waals surface area contributed by atoms with Crippen LogP contribution in [0.4, 0.5) is 18.9 Å². The predicted molar refractivity (Wildman–Crippen MR) is 84.6 cm³/mol. The average molecular weight is 374 g/mol. The second-order valence-electron chi connectivity index (χ2n) is 5.99. The molecule has 0 saturated carbocycles. The molecule has 2 heterocycles. The van der Waals surface area contributed by atoms with E-state index in [2.05, 4.69) is 10.1 Å². The molecule has 136 valence electrons. The molecule has 0 radical (unpaired) electrons. The largest absolute Gasteiger partial charge is 0.501 e. The number of nitrogens with zero attached hydrogens (tertiary/aromatic N) is 4. The molecule has 0 aliphatic carbocycles. The minimum atomic E-state index is -5.39. The molecule has 2 aromatic rings. The van der Waals surface area contributed by atoms with Crippen molar-refractivity contribution in [3.8, 4) is 0 Å². The summed E-state index contributed by atoms with van der Waals surface area (Å²) in [5.74, 6) is 0.150. The van der Waals surface area contributed by atoms with Crippen LogP contribution >= 0.6 is 0 Å². The van der Waals surface area contributed by atoms with Gasteiger partial charge >= 0.3 is 5.51 Å². The molecule has 1 fully saturated rings. The zero-order valence-corrected chi connectivity index (χ0v) is 14.0. The summed E-state index contributed by atoms with van der Waals surface area (Å²) in [6, 6.07) is 5.29.